The normalized spacial score (nSPS) is 12.5. The van der Waals surface area contributed by atoms with Crippen molar-refractivity contribution in [3.8, 4) is 0 Å². The predicted octanol–water partition coefficient (Wildman–Crippen LogP) is 2.68. The van der Waals surface area contributed by atoms with Gasteiger partial charge >= 0.3 is 0 Å². The molecule has 2 N–H and O–H groups in total. The molecule has 1 atom stereocenters. The van der Waals surface area contributed by atoms with Crippen LogP contribution in [0.15, 0.2) is 35.3 Å². The number of rotatable bonds is 3. The number of fused-ring (bicyclic) bond motifs is 1. The van der Waals surface area contributed by atoms with Crippen molar-refractivity contribution in [2.24, 2.45) is 0 Å². The first-order valence-corrected chi connectivity index (χ1v) is 6.55. The molecule has 0 aliphatic rings. The number of H-pyrrole nitrogens is 1. The van der Waals surface area contributed by atoms with Gasteiger partial charge in [-0.15, -0.1) is 0 Å². The number of pyridine rings is 2. The summed E-state index contributed by atoms with van der Waals surface area (Å²) in [6, 6.07) is 3.85. The van der Waals surface area contributed by atoms with Crippen molar-refractivity contribution in [2.75, 3.05) is 5.32 Å². The Morgan fingerprint density at radius 2 is 2.21 bits per heavy atom. The molecule has 3 rings (SSSR count). The van der Waals surface area contributed by atoms with Crippen LogP contribution in [0.1, 0.15) is 18.8 Å². The lowest BCUT2D eigenvalue weighted by Gasteiger charge is -2.13. The lowest BCUT2D eigenvalue weighted by molar-refractivity contribution is 0.796. The highest BCUT2D eigenvalue weighted by atomic mass is 79.9. The fraction of sp³-hybridized carbons (Fsp3) is 0.167. The minimum Gasteiger partial charge on any atom is -0.373 e. The van der Waals surface area contributed by atoms with E-state index >= 15 is 0 Å². The van der Waals surface area contributed by atoms with Gasteiger partial charge in [-0.25, -0.2) is 4.98 Å². The quantitative estimate of drug-likeness (QED) is 0.776. The number of aromatic nitrogens is 5. The number of halogens is 1. The van der Waals surface area contributed by atoms with Gasteiger partial charge in [0.25, 0.3) is 0 Å². The van der Waals surface area contributed by atoms with Gasteiger partial charge in [-0.2, -0.15) is 5.10 Å². The molecule has 0 aliphatic carbocycles. The van der Waals surface area contributed by atoms with Crippen LogP contribution in [0.5, 0.6) is 0 Å². The summed E-state index contributed by atoms with van der Waals surface area (Å²) in [5.74, 6) is 0.780. The van der Waals surface area contributed by atoms with Crippen molar-refractivity contribution in [3.63, 3.8) is 0 Å². The topological polar surface area (TPSA) is 79.4 Å². The molecule has 3 aromatic rings. The van der Waals surface area contributed by atoms with E-state index in [0.29, 0.717) is 0 Å². The Hall–Kier alpha value is -2.02. The van der Waals surface area contributed by atoms with Gasteiger partial charge in [0, 0.05) is 16.9 Å². The van der Waals surface area contributed by atoms with Gasteiger partial charge in [-0.3, -0.25) is 15.1 Å². The monoisotopic (exact) mass is 318 g/mol. The summed E-state index contributed by atoms with van der Waals surface area (Å²) in [6.07, 6.45) is 5.01. The smallest absolute Gasteiger partial charge is 0.146 e. The molecule has 1 unspecified atom stereocenters. The third kappa shape index (κ3) is 2.41. The Balaban J connectivity index is 1.97. The van der Waals surface area contributed by atoms with E-state index in [2.05, 4.69) is 46.4 Å². The second-order valence-corrected chi connectivity index (χ2v) is 5.03. The number of aromatic amines is 1. The SMILES string of the molecule is CC(Nc1ccnc2cc(Br)cnc12)c1ncn[nH]1. The third-order valence-electron chi connectivity index (χ3n) is 2.76. The fourth-order valence-corrected chi connectivity index (χ4v) is 2.17. The Morgan fingerprint density at radius 3 is 3.00 bits per heavy atom. The molecule has 0 aromatic carbocycles. The molecular formula is C12H11BrN6. The second kappa shape index (κ2) is 4.93. The van der Waals surface area contributed by atoms with E-state index in [9.17, 15) is 0 Å². The lowest BCUT2D eigenvalue weighted by atomic mass is 10.2. The van der Waals surface area contributed by atoms with E-state index in [0.717, 1.165) is 27.0 Å². The summed E-state index contributed by atoms with van der Waals surface area (Å²) in [6.45, 7) is 2.01. The van der Waals surface area contributed by atoms with Gasteiger partial charge in [0.15, 0.2) is 0 Å². The van der Waals surface area contributed by atoms with E-state index in [1.165, 1.54) is 6.33 Å². The minimum absolute atomic E-state index is 0.0125. The molecule has 19 heavy (non-hydrogen) atoms. The summed E-state index contributed by atoms with van der Waals surface area (Å²) >= 11 is 3.39. The Labute approximate surface area is 117 Å². The van der Waals surface area contributed by atoms with Gasteiger partial charge in [0.1, 0.15) is 17.7 Å². The molecule has 0 saturated heterocycles. The first-order valence-electron chi connectivity index (χ1n) is 5.76. The molecular weight excluding hydrogens is 308 g/mol. The molecule has 0 bridgehead atoms. The summed E-state index contributed by atoms with van der Waals surface area (Å²) < 4.78 is 0.910. The van der Waals surface area contributed by atoms with Crippen molar-refractivity contribution in [1.82, 2.24) is 25.1 Å². The predicted molar refractivity (Wildman–Crippen MR) is 75.7 cm³/mol. The van der Waals surface area contributed by atoms with E-state index in [-0.39, 0.29) is 6.04 Å². The first kappa shape index (κ1) is 12.0. The van der Waals surface area contributed by atoms with Crippen molar-refractivity contribution in [1.29, 1.82) is 0 Å². The summed E-state index contributed by atoms with van der Waals surface area (Å²) in [5.41, 5.74) is 2.59. The van der Waals surface area contributed by atoms with Gasteiger partial charge in [0.2, 0.25) is 0 Å². The highest BCUT2D eigenvalue weighted by Gasteiger charge is 2.11. The van der Waals surface area contributed by atoms with Crippen molar-refractivity contribution >= 4 is 32.7 Å². The molecule has 0 saturated carbocycles. The van der Waals surface area contributed by atoms with Crippen molar-refractivity contribution in [3.05, 3.63) is 41.2 Å². The summed E-state index contributed by atoms with van der Waals surface area (Å²) in [4.78, 5) is 12.8. The third-order valence-corrected chi connectivity index (χ3v) is 3.19. The number of nitrogens with one attached hydrogen (secondary N) is 2. The zero-order valence-corrected chi connectivity index (χ0v) is 11.7. The molecule has 0 fully saturated rings. The Bertz CT molecular complexity index is 697. The van der Waals surface area contributed by atoms with Crippen LogP contribution in [0, 0.1) is 0 Å². The molecule has 3 heterocycles. The van der Waals surface area contributed by atoms with Crippen molar-refractivity contribution in [2.45, 2.75) is 13.0 Å². The van der Waals surface area contributed by atoms with Gasteiger partial charge in [-0.05, 0) is 35.0 Å². The van der Waals surface area contributed by atoms with Crippen LogP contribution in [0.2, 0.25) is 0 Å². The Kier molecular flexibility index (Phi) is 3.12. The van der Waals surface area contributed by atoms with Crippen LogP contribution in [-0.4, -0.2) is 25.1 Å². The number of hydrogen-bond donors (Lipinski definition) is 2. The molecule has 7 heteroatoms. The maximum absolute atomic E-state index is 4.40. The Morgan fingerprint density at radius 1 is 1.32 bits per heavy atom. The number of hydrogen-bond acceptors (Lipinski definition) is 5. The standard InChI is InChI=1S/C12H11BrN6/c1-7(12-16-6-17-19-12)18-9-2-3-14-10-4-8(13)5-15-11(9)10/h2-7H,1H3,(H,14,18)(H,16,17,19). The molecule has 0 amide bonds. The number of nitrogens with zero attached hydrogens (tertiary/aromatic N) is 4. The maximum atomic E-state index is 4.40. The lowest BCUT2D eigenvalue weighted by Crippen LogP contribution is -2.09. The first-order chi connectivity index (χ1) is 9.24. The highest BCUT2D eigenvalue weighted by Crippen LogP contribution is 2.24. The van der Waals surface area contributed by atoms with Crippen molar-refractivity contribution < 1.29 is 0 Å². The van der Waals surface area contributed by atoms with Crippen LogP contribution in [0.4, 0.5) is 5.69 Å². The van der Waals surface area contributed by atoms with Gasteiger partial charge < -0.3 is 5.32 Å². The van der Waals surface area contributed by atoms with E-state index in [1.54, 1.807) is 12.4 Å². The van der Waals surface area contributed by atoms with Crippen LogP contribution < -0.4 is 5.32 Å². The summed E-state index contributed by atoms with van der Waals surface area (Å²) in [7, 11) is 0. The molecule has 6 nitrogen and oxygen atoms in total. The van der Waals surface area contributed by atoms with E-state index in [4.69, 9.17) is 0 Å². The van der Waals surface area contributed by atoms with Crippen LogP contribution >= 0.6 is 15.9 Å². The van der Waals surface area contributed by atoms with Crippen LogP contribution in [0.25, 0.3) is 11.0 Å². The second-order valence-electron chi connectivity index (χ2n) is 4.12. The maximum Gasteiger partial charge on any atom is 0.146 e. The summed E-state index contributed by atoms with van der Waals surface area (Å²) in [5, 5.41) is 10.1. The van der Waals surface area contributed by atoms with Gasteiger partial charge in [0.05, 0.1) is 17.2 Å². The van der Waals surface area contributed by atoms with E-state index in [1.807, 2.05) is 19.1 Å². The van der Waals surface area contributed by atoms with Crippen LogP contribution in [-0.2, 0) is 0 Å². The zero-order chi connectivity index (χ0) is 13.2. The highest BCUT2D eigenvalue weighted by molar-refractivity contribution is 9.10. The number of anilines is 1. The average molecular weight is 319 g/mol. The van der Waals surface area contributed by atoms with Crippen LogP contribution in [0.3, 0.4) is 0 Å². The zero-order valence-electron chi connectivity index (χ0n) is 10.1. The largest absolute Gasteiger partial charge is 0.373 e. The molecule has 0 aliphatic heterocycles. The average Bonchev–Trinajstić information content (AvgIpc) is 2.92. The molecule has 0 spiro atoms. The molecule has 0 radical (unpaired) electrons. The molecule has 96 valence electrons. The fourth-order valence-electron chi connectivity index (χ4n) is 1.85. The van der Waals surface area contributed by atoms with E-state index < -0.39 is 0 Å². The minimum atomic E-state index is 0.0125. The van der Waals surface area contributed by atoms with Gasteiger partial charge in [-0.1, -0.05) is 0 Å². The molecule has 3 aromatic heterocycles.